The van der Waals surface area contributed by atoms with Crippen LogP contribution in [-0.2, 0) is 19.5 Å². The van der Waals surface area contributed by atoms with Crippen LogP contribution in [0.3, 0.4) is 0 Å². The Kier molecular flexibility index (Phi) is 5.72. The average Bonchev–Trinajstić information content (AvgIpc) is 3.34. The van der Waals surface area contributed by atoms with Crippen molar-refractivity contribution in [1.29, 1.82) is 0 Å². The summed E-state index contributed by atoms with van der Waals surface area (Å²) in [6, 6.07) is 7.69. The molecule has 0 saturated carbocycles. The van der Waals surface area contributed by atoms with E-state index >= 15 is 0 Å². The molecule has 0 saturated heterocycles. The van der Waals surface area contributed by atoms with E-state index in [4.69, 9.17) is 4.42 Å². The molecule has 0 radical (unpaired) electrons. The third-order valence-electron chi connectivity index (χ3n) is 5.97. The number of nitrogens with zero attached hydrogens (tertiary/aromatic N) is 4. The highest BCUT2D eigenvalue weighted by molar-refractivity contribution is 5.91. The molecule has 1 N–H and O–H groups in total. The van der Waals surface area contributed by atoms with Crippen molar-refractivity contribution < 1.29 is 9.21 Å². The summed E-state index contributed by atoms with van der Waals surface area (Å²) in [6.45, 7) is 12.1. The van der Waals surface area contributed by atoms with Crippen LogP contribution in [0.15, 0.2) is 34.9 Å². The van der Waals surface area contributed by atoms with Crippen molar-refractivity contribution in [3.63, 3.8) is 0 Å². The number of carbonyl (C=O) groups excluding carboxylic acids is 1. The number of aromatic nitrogens is 3. The molecule has 7 nitrogen and oxygen atoms in total. The molecule has 0 unspecified atom stereocenters. The highest BCUT2D eigenvalue weighted by atomic mass is 16.3. The van der Waals surface area contributed by atoms with E-state index in [0.717, 1.165) is 44.2 Å². The summed E-state index contributed by atoms with van der Waals surface area (Å²) in [5.41, 5.74) is 5.41. The second kappa shape index (κ2) is 8.44. The number of hydrogen-bond acceptors (Lipinski definition) is 5. The normalized spacial score (nSPS) is 15.5. The van der Waals surface area contributed by atoms with Crippen LogP contribution in [0.5, 0.6) is 0 Å². The van der Waals surface area contributed by atoms with Gasteiger partial charge in [-0.2, -0.15) is 0 Å². The Hall–Kier alpha value is -2.93. The molecule has 0 bridgehead atoms. The summed E-state index contributed by atoms with van der Waals surface area (Å²) in [4.78, 5) is 14.8. The predicted octanol–water partition coefficient (Wildman–Crippen LogP) is 3.35. The Morgan fingerprint density at radius 2 is 1.93 bits per heavy atom. The van der Waals surface area contributed by atoms with Crippen molar-refractivity contribution in [3.05, 3.63) is 70.2 Å². The summed E-state index contributed by atoms with van der Waals surface area (Å²) in [6.07, 6.45) is 2.34. The highest BCUT2D eigenvalue weighted by Crippen LogP contribution is 2.20. The van der Waals surface area contributed by atoms with Gasteiger partial charge in [0.15, 0.2) is 11.6 Å². The largest absolute Gasteiger partial charge is 0.459 e. The van der Waals surface area contributed by atoms with Gasteiger partial charge in [-0.1, -0.05) is 12.1 Å². The molecule has 3 heterocycles. The Morgan fingerprint density at radius 3 is 2.70 bits per heavy atom. The maximum absolute atomic E-state index is 12.3. The van der Waals surface area contributed by atoms with Gasteiger partial charge in [0.1, 0.15) is 5.82 Å². The number of carbonyl (C=O) groups is 1. The maximum Gasteiger partial charge on any atom is 0.287 e. The Morgan fingerprint density at radius 1 is 1.13 bits per heavy atom. The first-order valence-electron chi connectivity index (χ1n) is 10.5. The second-order valence-electron chi connectivity index (χ2n) is 8.19. The third-order valence-corrected chi connectivity index (χ3v) is 5.97. The molecule has 0 spiro atoms. The molecule has 1 aliphatic rings. The minimum absolute atomic E-state index is 0.245. The van der Waals surface area contributed by atoms with Gasteiger partial charge in [-0.3, -0.25) is 9.69 Å². The molecule has 1 atom stereocenters. The minimum atomic E-state index is -0.252. The van der Waals surface area contributed by atoms with Crippen LogP contribution < -0.4 is 5.32 Å². The molecule has 30 heavy (non-hydrogen) atoms. The number of rotatable bonds is 5. The predicted molar refractivity (Wildman–Crippen MR) is 114 cm³/mol. The number of benzene rings is 1. The van der Waals surface area contributed by atoms with Gasteiger partial charge < -0.3 is 14.3 Å². The van der Waals surface area contributed by atoms with Gasteiger partial charge in [0.2, 0.25) is 0 Å². The number of aryl methyl sites for hydroxylation is 3. The number of amides is 1. The van der Waals surface area contributed by atoms with Gasteiger partial charge in [0.05, 0.1) is 12.3 Å². The monoisotopic (exact) mass is 407 g/mol. The zero-order valence-corrected chi connectivity index (χ0v) is 18.1. The molecule has 1 amide bonds. The van der Waals surface area contributed by atoms with Crippen LogP contribution in [0.2, 0.25) is 0 Å². The number of hydrogen-bond donors (Lipinski definition) is 1. The zero-order chi connectivity index (χ0) is 21.3. The molecule has 1 aliphatic heterocycles. The van der Waals surface area contributed by atoms with E-state index in [9.17, 15) is 4.79 Å². The van der Waals surface area contributed by atoms with Crippen LogP contribution >= 0.6 is 0 Å². The molecular formula is C23H29N5O2. The first kappa shape index (κ1) is 20.3. The fourth-order valence-electron chi connectivity index (χ4n) is 4.04. The van der Waals surface area contributed by atoms with Crippen LogP contribution in [0.25, 0.3) is 0 Å². The van der Waals surface area contributed by atoms with Crippen molar-refractivity contribution >= 4 is 5.91 Å². The van der Waals surface area contributed by atoms with Crippen molar-refractivity contribution in [2.45, 2.75) is 53.2 Å². The van der Waals surface area contributed by atoms with E-state index in [1.54, 1.807) is 12.1 Å². The van der Waals surface area contributed by atoms with E-state index in [0.29, 0.717) is 5.76 Å². The maximum atomic E-state index is 12.3. The van der Waals surface area contributed by atoms with E-state index < -0.39 is 0 Å². The summed E-state index contributed by atoms with van der Waals surface area (Å²) < 4.78 is 7.33. The molecular weight excluding hydrogens is 378 g/mol. The Balaban J connectivity index is 1.44. The fourth-order valence-corrected chi connectivity index (χ4v) is 4.04. The molecule has 0 aliphatic carbocycles. The van der Waals surface area contributed by atoms with Gasteiger partial charge in [-0.15, -0.1) is 10.2 Å². The van der Waals surface area contributed by atoms with Crippen LogP contribution in [-0.4, -0.2) is 38.7 Å². The molecule has 3 aromatic rings. The van der Waals surface area contributed by atoms with E-state index in [1.165, 1.54) is 28.5 Å². The van der Waals surface area contributed by atoms with E-state index in [1.807, 2.05) is 6.92 Å². The lowest BCUT2D eigenvalue weighted by Crippen LogP contribution is -2.30. The molecule has 4 rings (SSSR count). The zero-order valence-electron chi connectivity index (χ0n) is 18.1. The van der Waals surface area contributed by atoms with Gasteiger partial charge in [0.25, 0.3) is 5.91 Å². The standard InChI is InChI=1S/C23H29N5O2/c1-15-12-17(3)19(13-16(15)2)14-27-8-7-21-25-26-22(28(21)10-9-27)18(4)24-23(29)20-6-5-11-30-20/h5-6,11-13,18H,7-10,14H2,1-4H3,(H,24,29)/t18-/m0/s1. The van der Waals surface area contributed by atoms with E-state index in [-0.39, 0.29) is 11.9 Å². The first-order valence-corrected chi connectivity index (χ1v) is 10.5. The van der Waals surface area contributed by atoms with Gasteiger partial charge in [-0.25, -0.2) is 0 Å². The quantitative estimate of drug-likeness (QED) is 0.702. The van der Waals surface area contributed by atoms with E-state index in [2.05, 4.69) is 57.9 Å². The lowest BCUT2D eigenvalue weighted by Gasteiger charge is -2.22. The number of furan rings is 1. The smallest absolute Gasteiger partial charge is 0.287 e. The molecule has 7 heteroatoms. The SMILES string of the molecule is Cc1cc(C)c(CN2CCc3nnc([C@H](C)NC(=O)c4ccco4)n3CC2)cc1C. The third kappa shape index (κ3) is 4.16. The van der Waals surface area contributed by atoms with Crippen molar-refractivity contribution in [2.75, 3.05) is 13.1 Å². The lowest BCUT2D eigenvalue weighted by atomic mass is 10.0. The van der Waals surface area contributed by atoms with Gasteiger partial charge in [-0.05, 0) is 62.1 Å². The van der Waals surface area contributed by atoms with Crippen LogP contribution in [0.1, 0.15) is 57.4 Å². The van der Waals surface area contributed by atoms with Crippen LogP contribution in [0.4, 0.5) is 0 Å². The van der Waals surface area contributed by atoms with Crippen molar-refractivity contribution in [2.24, 2.45) is 0 Å². The summed E-state index contributed by atoms with van der Waals surface area (Å²) in [5, 5.41) is 11.7. The summed E-state index contributed by atoms with van der Waals surface area (Å²) in [5.74, 6) is 1.82. The number of nitrogens with one attached hydrogen (secondary N) is 1. The average molecular weight is 408 g/mol. The summed E-state index contributed by atoms with van der Waals surface area (Å²) >= 11 is 0. The topological polar surface area (TPSA) is 76.2 Å². The second-order valence-corrected chi connectivity index (χ2v) is 8.19. The van der Waals surface area contributed by atoms with Crippen LogP contribution in [0, 0.1) is 20.8 Å². The first-order chi connectivity index (χ1) is 14.4. The molecule has 2 aromatic heterocycles. The fraction of sp³-hybridized carbons (Fsp3) is 0.435. The van der Waals surface area contributed by atoms with Gasteiger partial charge in [0, 0.05) is 32.6 Å². The Bertz CT molecular complexity index is 1040. The lowest BCUT2D eigenvalue weighted by molar-refractivity contribution is 0.0909. The van der Waals surface area contributed by atoms with Crippen molar-refractivity contribution in [3.8, 4) is 0 Å². The molecule has 1 aromatic carbocycles. The van der Waals surface area contributed by atoms with Gasteiger partial charge >= 0.3 is 0 Å². The molecule has 158 valence electrons. The summed E-state index contributed by atoms with van der Waals surface area (Å²) in [7, 11) is 0. The Labute approximate surface area is 177 Å². The molecule has 0 fully saturated rings. The van der Waals surface area contributed by atoms with Crippen molar-refractivity contribution in [1.82, 2.24) is 25.0 Å². The highest BCUT2D eigenvalue weighted by Gasteiger charge is 2.24. The number of fused-ring (bicyclic) bond motifs is 1. The minimum Gasteiger partial charge on any atom is -0.459 e.